The van der Waals surface area contributed by atoms with Crippen LogP contribution in [0, 0.1) is 13.8 Å². The summed E-state index contributed by atoms with van der Waals surface area (Å²) in [7, 11) is 0. The summed E-state index contributed by atoms with van der Waals surface area (Å²) in [5.41, 5.74) is 0.666. The zero-order valence-electron chi connectivity index (χ0n) is 10.3. The van der Waals surface area contributed by atoms with Gasteiger partial charge >= 0.3 is 0 Å². The lowest BCUT2D eigenvalue weighted by Gasteiger charge is -2.17. The van der Waals surface area contributed by atoms with E-state index in [9.17, 15) is 10.2 Å². The summed E-state index contributed by atoms with van der Waals surface area (Å²) in [5, 5.41) is 21.0. The Morgan fingerprint density at radius 3 is 2.19 bits per heavy atom. The van der Waals surface area contributed by atoms with Crippen LogP contribution in [0.5, 0.6) is 11.5 Å². The van der Waals surface area contributed by atoms with Gasteiger partial charge in [0, 0.05) is 17.5 Å². The molecule has 0 aliphatic rings. The Hall–Kier alpha value is -1.22. The molecule has 3 heteroatoms. The SMILES string of the molecule is Cc1cc(OCCC(C)(C)O)cc(C)c1[O]. The van der Waals surface area contributed by atoms with E-state index in [1.165, 1.54) is 0 Å². The zero-order chi connectivity index (χ0) is 12.3. The van der Waals surface area contributed by atoms with E-state index < -0.39 is 5.60 Å². The van der Waals surface area contributed by atoms with Crippen molar-refractivity contribution in [1.82, 2.24) is 0 Å². The Labute approximate surface area is 96.7 Å². The van der Waals surface area contributed by atoms with Crippen molar-refractivity contribution in [3.63, 3.8) is 0 Å². The van der Waals surface area contributed by atoms with Crippen LogP contribution in [0.2, 0.25) is 0 Å². The van der Waals surface area contributed by atoms with Crippen molar-refractivity contribution in [2.75, 3.05) is 6.61 Å². The van der Waals surface area contributed by atoms with Crippen molar-refractivity contribution in [3.05, 3.63) is 23.3 Å². The smallest absolute Gasteiger partial charge is 0.184 e. The lowest BCUT2D eigenvalue weighted by Crippen LogP contribution is -2.21. The molecule has 0 spiro atoms. The van der Waals surface area contributed by atoms with Gasteiger partial charge in [0.15, 0.2) is 5.75 Å². The lowest BCUT2D eigenvalue weighted by molar-refractivity contribution is 0.0553. The normalized spacial score (nSPS) is 11.6. The second kappa shape index (κ2) is 4.74. The maximum absolute atomic E-state index is 11.5. The first-order chi connectivity index (χ1) is 7.29. The van der Waals surface area contributed by atoms with Crippen LogP contribution in [0.3, 0.4) is 0 Å². The molecule has 1 aromatic carbocycles. The number of aliphatic hydroxyl groups is 1. The second-order valence-corrected chi connectivity index (χ2v) is 4.80. The van der Waals surface area contributed by atoms with Crippen molar-refractivity contribution in [1.29, 1.82) is 0 Å². The van der Waals surface area contributed by atoms with Crippen LogP contribution < -0.4 is 4.74 Å². The Kier molecular flexibility index (Phi) is 3.81. The summed E-state index contributed by atoms with van der Waals surface area (Å²) in [6, 6.07) is 3.47. The van der Waals surface area contributed by atoms with Crippen molar-refractivity contribution in [2.24, 2.45) is 0 Å². The minimum atomic E-state index is -0.720. The first kappa shape index (κ1) is 12.8. The average Bonchev–Trinajstić information content (AvgIpc) is 2.12. The fourth-order valence-electron chi connectivity index (χ4n) is 1.41. The molecule has 1 radical (unpaired) electrons. The summed E-state index contributed by atoms with van der Waals surface area (Å²) in [4.78, 5) is 0. The minimum Gasteiger partial charge on any atom is -0.493 e. The van der Waals surface area contributed by atoms with Gasteiger partial charge in [-0.25, -0.2) is 0 Å². The first-order valence-corrected chi connectivity index (χ1v) is 5.43. The topological polar surface area (TPSA) is 49.4 Å². The van der Waals surface area contributed by atoms with E-state index >= 15 is 0 Å². The molecule has 89 valence electrons. The fourth-order valence-corrected chi connectivity index (χ4v) is 1.41. The molecule has 0 bridgehead atoms. The fraction of sp³-hybridized carbons (Fsp3) is 0.538. The molecule has 1 aromatic rings. The molecule has 1 rings (SSSR count). The predicted octanol–water partition coefficient (Wildman–Crippen LogP) is 2.99. The van der Waals surface area contributed by atoms with E-state index in [1.807, 2.05) is 0 Å². The molecule has 0 saturated carbocycles. The summed E-state index contributed by atoms with van der Waals surface area (Å²) >= 11 is 0. The third-order valence-electron chi connectivity index (χ3n) is 2.42. The number of rotatable bonds is 4. The largest absolute Gasteiger partial charge is 0.493 e. The van der Waals surface area contributed by atoms with E-state index in [2.05, 4.69) is 0 Å². The van der Waals surface area contributed by atoms with Crippen molar-refractivity contribution in [2.45, 2.75) is 39.7 Å². The highest BCUT2D eigenvalue weighted by Crippen LogP contribution is 2.27. The maximum Gasteiger partial charge on any atom is 0.184 e. The molecule has 0 aliphatic carbocycles. The summed E-state index contributed by atoms with van der Waals surface area (Å²) < 4.78 is 5.50. The van der Waals surface area contributed by atoms with E-state index in [-0.39, 0.29) is 5.75 Å². The first-order valence-electron chi connectivity index (χ1n) is 5.43. The zero-order valence-corrected chi connectivity index (χ0v) is 10.3. The van der Waals surface area contributed by atoms with Gasteiger partial charge in [-0.15, -0.1) is 0 Å². The molecule has 0 fully saturated rings. The van der Waals surface area contributed by atoms with E-state index in [0.717, 1.165) is 0 Å². The van der Waals surface area contributed by atoms with Crippen molar-refractivity contribution in [3.8, 4) is 11.5 Å². The maximum atomic E-state index is 11.5. The molecular formula is C13H19O3. The molecule has 0 unspecified atom stereocenters. The van der Waals surface area contributed by atoms with E-state index in [4.69, 9.17) is 4.74 Å². The highest BCUT2D eigenvalue weighted by atomic mass is 16.5. The van der Waals surface area contributed by atoms with Gasteiger partial charge < -0.3 is 9.84 Å². The van der Waals surface area contributed by atoms with Crippen LogP contribution in [0.25, 0.3) is 0 Å². The van der Waals surface area contributed by atoms with Crippen LogP contribution in [0.1, 0.15) is 31.4 Å². The Balaban J connectivity index is 2.62. The van der Waals surface area contributed by atoms with Gasteiger partial charge in [-0.3, -0.25) is 5.11 Å². The Morgan fingerprint density at radius 2 is 1.75 bits per heavy atom. The number of hydrogen-bond donors (Lipinski definition) is 1. The van der Waals surface area contributed by atoms with Gasteiger partial charge in [0.05, 0.1) is 12.2 Å². The standard InChI is InChI=1S/C13H19O3/c1-9-7-11(8-10(2)12(9)14)16-6-5-13(3,4)15/h7-8,15H,5-6H2,1-4H3. The van der Waals surface area contributed by atoms with Gasteiger partial charge in [-0.05, 0) is 39.8 Å². The molecule has 0 amide bonds. The van der Waals surface area contributed by atoms with Crippen molar-refractivity contribution >= 4 is 0 Å². The second-order valence-electron chi connectivity index (χ2n) is 4.80. The monoisotopic (exact) mass is 223 g/mol. The summed E-state index contributed by atoms with van der Waals surface area (Å²) in [6.45, 7) is 7.48. The van der Waals surface area contributed by atoms with Gasteiger partial charge in [0.1, 0.15) is 5.75 Å². The molecule has 0 aliphatic heterocycles. The number of aryl methyl sites for hydroxylation is 2. The number of hydrogen-bond acceptors (Lipinski definition) is 2. The van der Waals surface area contributed by atoms with Gasteiger partial charge in [-0.1, -0.05) is 0 Å². The Bertz CT molecular complexity index is 341. The van der Waals surface area contributed by atoms with Gasteiger partial charge in [0.2, 0.25) is 0 Å². The van der Waals surface area contributed by atoms with E-state index in [0.29, 0.717) is 29.9 Å². The summed E-state index contributed by atoms with van der Waals surface area (Å²) in [6.07, 6.45) is 0.560. The minimum absolute atomic E-state index is 0.0647. The predicted molar refractivity (Wildman–Crippen MR) is 62.5 cm³/mol. The molecule has 1 N–H and O–H groups in total. The average molecular weight is 223 g/mol. The molecule has 0 atom stereocenters. The molecule has 0 saturated heterocycles. The molecular weight excluding hydrogens is 204 g/mol. The van der Waals surface area contributed by atoms with Gasteiger partial charge in [0.25, 0.3) is 0 Å². The lowest BCUT2D eigenvalue weighted by atomic mass is 10.1. The highest BCUT2D eigenvalue weighted by Gasteiger charge is 2.12. The molecule has 16 heavy (non-hydrogen) atoms. The highest BCUT2D eigenvalue weighted by molar-refractivity contribution is 5.44. The van der Waals surface area contributed by atoms with Crippen LogP contribution in [0.15, 0.2) is 12.1 Å². The Morgan fingerprint density at radius 1 is 1.25 bits per heavy atom. The molecule has 3 nitrogen and oxygen atoms in total. The number of benzene rings is 1. The van der Waals surface area contributed by atoms with Crippen molar-refractivity contribution < 1.29 is 14.9 Å². The number of ether oxygens (including phenoxy) is 1. The van der Waals surface area contributed by atoms with Crippen LogP contribution in [-0.4, -0.2) is 17.3 Å². The quantitative estimate of drug-likeness (QED) is 0.853. The van der Waals surface area contributed by atoms with E-state index in [1.54, 1.807) is 39.8 Å². The molecule has 0 aromatic heterocycles. The molecule has 0 heterocycles. The van der Waals surface area contributed by atoms with Crippen LogP contribution >= 0.6 is 0 Å². The van der Waals surface area contributed by atoms with Crippen LogP contribution in [0.4, 0.5) is 0 Å². The van der Waals surface area contributed by atoms with Crippen LogP contribution in [-0.2, 0) is 5.11 Å². The van der Waals surface area contributed by atoms with Gasteiger partial charge in [-0.2, -0.15) is 0 Å². The third kappa shape index (κ3) is 3.74. The third-order valence-corrected chi connectivity index (χ3v) is 2.42. The summed E-state index contributed by atoms with van der Waals surface area (Å²) in [5.74, 6) is 0.758.